The van der Waals surface area contributed by atoms with Crippen LogP contribution in [0.3, 0.4) is 0 Å². The number of aromatic nitrogens is 4. The lowest BCUT2D eigenvalue weighted by molar-refractivity contribution is 0.704. The summed E-state index contributed by atoms with van der Waals surface area (Å²) in [5.74, 6) is 0. The SMILES string of the molecule is Cn1cc(Cn2cccc(I)c2=O)nn1. The highest BCUT2D eigenvalue weighted by molar-refractivity contribution is 14.1. The molecule has 0 saturated carbocycles. The minimum atomic E-state index is 0.00348. The van der Waals surface area contributed by atoms with E-state index in [1.54, 1.807) is 34.8 Å². The van der Waals surface area contributed by atoms with Gasteiger partial charge in [0.25, 0.3) is 5.56 Å². The van der Waals surface area contributed by atoms with Gasteiger partial charge in [-0.15, -0.1) is 5.10 Å². The van der Waals surface area contributed by atoms with Gasteiger partial charge in [0.2, 0.25) is 0 Å². The number of aryl methyl sites for hydroxylation is 1. The second-order valence-electron chi connectivity index (χ2n) is 3.17. The molecule has 78 valence electrons. The average Bonchev–Trinajstić information content (AvgIpc) is 2.59. The van der Waals surface area contributed by atoms with E-state index in [4.69, 9.17) is 0 Å². The first kappa shape index (κ1) is 10.3. The number of hydrogen-bond donors (Lipinski definition) is 0. The molecule has 0 radical (unpaired) electrons. The number of nitrogens with zero attached hydrogens (tertiary/aromatic N) is 4. The van der Waals surface area contributed by atoms with Crippen molar-refractivity contribution in [1.29, 1.82) is 0 Å². The van der Waals surface area contributed by atoms with Crippen molar-refractivity contribution >= 4 is 22.6 Å². The van der Waals surface area contributed by atoms with Crippen LogP contribution in [-0.2, 0) is 13.6 Å². The van der Waals surface area contributed by atoms with Gasteiger partial charge in [0, 0.05) is 19.4 Å². The van der Waals surface area contributed by atoms with E-state index in [2.05, 4.69) is 10.3 Å². The fourth-order valence-corrected chi connectivity index (χ4v) is 1.79. The second-order valence-corrected chi connectivity index (χ2v) is 4.33. The molecule has 2 heterocycles. The largest absolute Gasteiger partial charge is 0.308 e. The molecule has 15 heavy (non-hydrogen) atoms. The average molecular weight is 316 g/mol. The molecule has 0 aromatic carbocycles. The first-order chi connectivity index (χ1) is 7.16. The highest BCUT2D eigenvalue weighted by Gasteiger charge is 2.03. The van der Waals surface area contributed by atoms with Crippen molar-refractivity contribution in [2.45, 2.75) is 6.54 Å². The summed E-state index contributed by atoms with van der Waals surface area (Å²) >= 11 is 2.02. The summed E-state index contributed by atoms with van der Waals surface area (Å²) in [6.07, 6.45) is 3.55. The zero-order chi connectivity index (χ0) is 10.8. The summed E-state index contributed by atoms with van der Waals surface area (Å²) in [4.78, 5) is 11.7. The van der Waals surface area contributed by atoms with E-state index in [0.717, 1.165) is 5.69 Å². The first-order valence-corrected chi connectivity index (χ1v) is 5.45. The van der Waals surface area contributed by atoms with Crippen molar-refractivity contribution < 1.29 is 0 Å². The van der Waals surface area contributed by atoms with Crippen LogP contribution in [0.5, 0.6) is 0 Å². The van der Waals surface area contributed by atoms with E-state index in [1.807, 2.05) is 28.7 Å². The second kappa shape index (κ2) is 4.13. The van der Waals surface area contributed by atoms with Crippen molar-refractivity contribution in [2.75, 3.05) is 0 Å². The van der Waals surface area contributed by atoms with Crippen LogP contribution in [-0.4, -0.2) is 19.6 Å². The molecule has 6 heteroatoms. The molecule has 5 nitrogen and oxygen atoms in total. The third-order valence-corrected chi connectivity index (χ3v) is 2.78. The van der Waals surface area contributed by atoms with Gasteiger partial charge in [-0.05, 0) is 34.7 Å². The lowest BCUT2D eigenvalue weighted by Crippen LogP contribution is -2.21. The first-order valence-electron chi connectivity index (χ1n) is 4.37. The van der Waals surface area contributed by atoms with Gasteiger partial charge in [0.1, 0.15) is 5.69 Å². The normalized spacial score (nSPS) is 10.5. The Morgan fingerprint density at radius 2 is 2.33 bits per heavy atom. The summed E-state index contributed by atoms with van der Waals surface area (Å²) in [5, 5.41) is 7.75. The van der Waals surface area contributed by atoms with Crippen molar-refractivity contribution in [3.63, 3.8) is 0 Å². The van der Waals surface area contributed by atoms with Crippen molar-refractivity contribution in [1.82, 2.24) is 19.6 Å². The lowest BCUT2D eigenvalue weighted by Gasteiger charge is -2.02. The van der Waals surface area contributed by atoms with Crippen LogP contribution < -0.4 is 5.56 Å². The van der Waals surface area contributed by atoms with E-state index in [-0.39, 0.29) is 5.56 Å². The van der Waals surface area contributed by atoms with Gasteiger partial charge in [-0.2, -0.15) is 0 Å². The predicted octanol–water partition coefficient (Wildman–Crippen LogP) is 0.630. The summed E-state index contributed by atoms with van der Waals surface area (Å²) in [5.41, 5.74) is 0.783. The van der Waals surface area contributed by atoms with E-state index in [9.17, 15) is 4.79 Å². The molecule has 0 N–H and O–H groups in total. The molecule has 0 spiro atoms. The van der Waals surface area contributed by atoms with Crippen LogP contribution >= 0.6 is 22.6 Å². The Bertz CT molecular complexity index is 531. The minimum absolute atomic E-state index is 0.00348. The quantitative estimate of drug-likeness (QED) is 0.764. The molecule has 2 rings (SSSR count). The molecular formula is C9H9IN4O. The Kier molecular flexibility index (Phi) is 2.85. The van der Waals surface area contributed by atoms with E-state index < -0.39 is 0 Å². The fourth-order valence-electron chi connectivity index (χ4n) is 1.27. The smallest absolute Gasteiger partial charge is 0.264 e. The zero-order valence-corrected chi connectivity index (χ0v) is 10.2. The molecule has 0 amide bonds. The van der Waals surface area contributed by atoms with Crippen molar-refractivity contribution in [2.24, 2.45) is 7.05 Å². The summed E-state index contributed by atoms with van der Waals surface area (Å²) in [6.45, 7) is 0.462. The lowest BCUT2D eigenvalue weighted by atomic mass is 10.4. The summed E-state index contributed by atoms with van der Waals surface area (Å²) < 4.78 is 3.94. The van der Waals surface area contributed by atoms with Crippen molar-refractivity contribution in [3.8, 4) is 0 Å². The third kappa shape index (κ3) is 2.25. The minimum Gasteiger partial charge on any atom is -0.308 e. The Labute approximate surface area is 99.9 Å². The standard InChI is InChI=1S/C9H9IN4O/c1-13-5-7(11-12-13)6-14-4-2-3-8(10)9(14)15/h2-5H,6H2,1H3. The number of hydrogen-bond acceptors (Lipinski definition) is 3. The van der Waals surface area contributed by atoms with Gasteiger partial charge in [0.15, 0.2) is 0 Å². The highest BCUT2D eigenvalue weighted by atomic mass is 127. The van der Waals surface area contributed by atoms with E-state index in [0.29, 0.717) is 10.1 Å². The molecule has 0 unspecified atom stereocenters. The van der Waals surface area contributed by atoms with E-state index >= 15 is 0 Å². The van der Waals surface area contributed by atoms with Crippen LogP contribution in [0.15, 0.2) is 29.3 Å². The molecule has 0 fully saturated rings. The van der Waals surface area contributed by atoms with Gasteiger partial charge in [-0.3, -0.25) is 9.48 Å². The zero-order valence-electron chi connectivity index (χ0n) is 8.09. The van der Waals surface area contributed by atoms with Gasteiger partial charge in [-0.1, -0.05) is 5.21 Å². The molecular weight excluding hydrogens is 307 g/mol. The molecule has 0 atom stereocenters. The maximum atomic E-state index is 11.7. The van der Waals surface area contributed by atoms with Gasteiger partial charge >= 0.3 is 0 Å². The van der Waals surface area contributed by atoms with Gasteiger partial charge in [0.05, 0.1) is 10.1 Å². The number of pyridine rings is 1. The molecule has 0 aliphatic rings. The maximum Gasteiger partial charge on any atom is 0.264 e. The van der Waals surface area contributed by atoms with Gasteiger partial charge < -0.3 is 4.57 Å². The highest BCUT2D eigenvalue weighted by Crippen LogP contribution is 1.99. The molecule has 0 bridgehead atoms. The Morgan fingerprint density at radius 3 is 3.00 bits per heavy atom. The number of rotatable bonds is 2. The predicted molar refractivity (Wildman–Crippen MR) is 63.5 cm³/mol. The molecule has 2 aromatic rings. The molecule has 0 saturated heterocycles. The monoisotopic (exact) mass is 316 g/mol. The van der Waals surface area contributed by atoms with E-state index in [1.165, 1.54) is 0 Å². The fraction of sp³-hybridized carbons (Fsp3) is 0.222. The molecule has 2 aromatic heterocycles. The molecule has 0 aliphatic carbocycles. The van der Waals surface area contributed by atoms with Gasteiger partial charge in [-0.25, -0.2) is 0 Å². The Balaban J connectivity index is 2.32. The maximum absolute atomic E-state index is 11.7. The third-order valence-electron chi connectivity index (χ3n) is 1.96. The van der Waals surface area contributed by atoms with Crippen molar-refractivity contribution in [3.05, 3.63) is 44.1 Å². The summed E-state index contributed by atoms with van der Waals surface area (Å²) in [6, 6.07) is 3.63. The van der Waals surface area contributed by atoms with Crippen LogP contribution in [0.2, 0.25) is 0 Å². The van der Waals surface area contributed by atoms with Crippen LogP contribution in [0.4, 0.5) is 0 Å². The van der Waals surface area contributed by atoms with Crippen LogP contribution in [0.25, 0.3) is 0 Å². The Hall–Kier alpha value is -1.18. The molecule has 0 aliphatic heterocycles. The Morgan fingerprint density at radius 1 is 1.53 bits per heavy atom. The van der Waals surface area contributed by atoms with Crippen LogP contribution in [0.1, 0.15) is 5.69 Å². The number of halogens is 1. The topological polar surface area (TPSA) is 52.7 Å². The van der Waals surface area contributed by atoms with Crippen LogP contribution in [0, 0.1) is 3.57 Å². The summed E-state index contributed by atoms with van der Waals surface area (Å²) in [7, 11) is 1.80.